The van der Waals surface area contributed by atoms with Crippen LogP contribution >= 0.6 is 0 Å². The molecule has 0 atom stereocenters. The van der Waals surface area contributed by atoms with Crippen molar-refractivity contribution in [3.05, 3.63) is 48.2 Å². The minimum atomic E-state index is -3.60. The average Bonchev–Trinajstić information content (AvgIpc) is 2.78. The van der Waals surface area contributed by atoms with Crippen LogP contribution in [0.15, 0.2) is 57.5 Å². The van der Waals surface area contributed by atoms with Gasteiger partial charge in [-0.2, -0.15) is 4.31 Å². The van der Waals surface area contributed by atoms with Gasteiger partial charge in [-0.1, -0.05) is 19.3 Å². The Morgan fingerprint density at radius 3 is 2.50 bits per heavy atom. The lowest BCUT2D eigenvalue weighted by Gasteiger charge is -2.30. The van der Waals surface area contributed by atoms with Gasteiger partial charge in [-0.15, -0.1) is 4.40 Å². The van der Waals surface area contributed by atoms with Crippen LogP contribution in [0.3, 0.4) is 0 Å². The predicted molar refractivity (Wildman–Crippen MR) is 122 cm³/mol. The van der Waals surface area contributed by atoms with Crippen LogP contribution in [0.1, 0.15) is 32.1 Å². The summed E-state index contributed by atoms with van der Waals surface area (Å²) in [7, 11) is -5.42. The number of sulfonamides is 2. The van der Waals surface area contributed by atoms with E-state index in [1.807, 2.05) is 0 Å². The number of rotatable bonds is 5. The summed E-state index contributed by atoms with van der Waals surface area (Å²) in [6.45, 7) is 0.226. The van der Waals surface area contributed by atoms with Crippen LogP contribution in [-0.2, 0) is 24.8 Å². The molecule has 0 aromatic heterocycles. The first-order valence-corrected chi connectivity index (χ1v) is 13.6. The minimum absolute atomic E-state index is 0.0244. The molecular weight excluding hydrogens is 452 g/mol. The van der Waals surface area contributed by atoms with E-state index in [1.165, 1.54) is 28.6 Å². The third-order valence-corrected chi connectivity index (χ3v) is 9.05. The maximum Gasteiger partial charge on any atom is 0.257 e. The summed E-state index contributed by atoms with van der Waals surface area (Å²) in [5, 5.41) is 2.74. The Bertz CT molecular complexity index is 1200. The topological polar surface area (TPSA) is 116 Å². The van der Waals surface area contributed by atoms with Crippen molar-refractivity contribution in [2.24, 2.45) is 4.40 Å². The zero-order valence-corrected chi connectivity index (χ0v) is 19.4. The fourth-order valence-corrected chi connectivity index (χ4v) is 6.44. The van der Waals surface area contributed by atoms with Crippen molar-refractivity contribution in [1.82, 2.24) is 9.21 Å². The summed E-state index contributed by atoms with van der Waals surface area (Å²) in [5.41, 5.74) is 0.807. The van der Waals surface area contributed by atoms with Gasteiger partial charge in [0.25, 0.3) is 15.9 Å². The van der Waals surface area contributed by atoms with Gasteiger partial charge in [-0.05, 0) is 49.3 Å². The molecule has 1 aromatic rings. The number of nitrogens with one attached hydrogen (secondary N) is 1. The first-order valence-electron chi connectivity index (χ1n) is 10.5. The Balaban J connectivity index is 1.43. The summed E-state index contributed by atoms with van der Waals surface area (Å²) >= 11 is 0. The summed E-state index contributed by atoms with van der Waals surface area (Å²) in [4.78, 5) is 14.4. The van der Waals surface area contributed by atoms with E-state index in [2.05, 4.69) is 9.71 Å². The largest absolute Gasteiger partial charge is 0.330 e. The van der Waals surface area contributed by atoms with E-state index < -0.39 is 20.0 Å². The van der Waals surface area contributed by atoms with Crippen LogP contribution in [0, 0.1) is 0 Å². The SMILES string of the molecule is CN(C1CCCCC1)S(=O)(=O)c1ccc(NC(=O)C2=CN3CCS(=O)(=O)N=C3C=C2)cc1. The van der Waals surface area contributed by atoms with Gasteiger partial charge < -0.3 is 10.2 Å². The van der Waals surface area contributed by atoms with Gasteiger partial charge in [0.2, 0.25) is 10.0 Å². The van der Waals surface area contributed by atoms with Crippen LogP contribution in [0.5, 0.6) is 0 Å². The molecule has 0 bridgehead atoms. The van der Waals surface area contributed by atoms with Gasteiger partial charge in [0.05, 0.1) is 16.2 Å². The molecule has 9 nitrogen and oxygen atoms in total. The molecule has 1 N–H and O–H groups in total. The molecule has 1 aliphatic carbocycles. The lowest BCUT2D eigenvalue weighted by Crippen LogP contribution is -2.38. The molecule has 0 spiro atoms. The Hall–Kier alpha value is -2.50. The molecule has 1 saturated carbocycles. The number of nitrogens with zero attached hydrogens (tertiary/aromatic N) is 3. The van der Waals surface area contributed by atoms with Crippen molar-refractivity contribution in [2.75, 3.05) is 24.7 Å². The maximum atomic E-state index is 13.0. The number of carbonyl (C=O) groups excluding carboxylic acids is 1. The highest BCUT2D eigenvalue weighted by atomic mass is 32.2. The van der Waals surface area contributed by atoms with Gasteiger partial charge in [0, 0.05) is 31.5 Å². The maximum absolute atomic E-state index is 13.0. The zero-order valence-electron chi connectivity index (χ0n) is 17.8. The van der Waals surface area contributed by atoms with E-state index in [-0.39, 0.29) is 35.0 Å². The first kappa shape index (κ1) is 22.7. The zero-order chi connectivity index (χ0) is 22.9. The highest BCUT2D eigenvalue weighted by Crippen LogP contribution is 2.27. The molecule has 4 rings (SSSR count). The Morgan fingerprint density at radius 1 is 1.12 bits per heavy atom. The molecule has 1 amide bonds. The number of amidine groups is 1. The summed E-state index contributed by atoms with van der Waals surface area (Å²) < 4.78 is 54.3. The fraction of sp³-hybridized carbons (Fsp3) is 0.429. The molecule has 172 valence electrons. The molecule has 2 aliphatic heterocycles. The van der Waals surface area contributed by atoms with Gasteiger partial charge in [-0.3, -0.25) is 4.79 Å². The molecule has 11 heteroatoms. The normalized spacial score (nSPS) is 21.0. The van der Waals surface area contributed by atoms with Crippen molar-refractivity contribution in [3.63, 3.8) is 0 Å². The van der Waals surface area contributed by atoms with Gasteiger partial charge >= 0.3 is 0 Å². The number of carbonyl (C=O) groups is 1. The molecule has 32 heavy (non-hydrogen) atoms. The van der Waals surface area contributed by atoms with Crippen molar-refractivity contribution < 1.29 is 21.6 Å². The van der Waals surface area contributed by atoms with E-state index in [4.69, 9.17) is 0 Å². The Kier molecular flexibility index (Phi) is 6.24. The molecule has 0 unspecified atom stereocenters. The lowest BCUT2D eigenvalue weighted by molar-refractivity contribution is -0.112. The summed E-state index contributed by atoms with van der Waals surface area (Å²) in [6.07, 6.45) is 9.53. The van der Waals surface area contributed by atoms with Crippen LogP contribution in [-0.4, -0.2) is 63.2 Å². The second-order valence-corrected chi connectivity index (χ2v) is 11.9. The molecule has 2 heterocycles. The second-order valence-electron chi connectivity index (χ2n) is 8.14. The minimum Gasteiger partial charge on any atom is -0.330 e. The van der Waals surface area contributed by atoms with Crippen LogP contribution in [0.4, 0.5) is 5.69 Å². The van der Waals surface area contributed by atoms with E-state index in [0.29, 0.717) is 11.3 Å². The van der Waals surface area contributed by atoms with Crippen molar-refractivity contribution >= 4 is 37.5 Å². The van der Waals surface area contributed by atoms with E-state index in [9.17, 15) is 21.6 Å². The third-order valence-electron chi connectivity index (χ3n) is 5.96. The number of anilines is 1. The van der Waals surface area contributed by atoms with Gasteiger partial charge in [-0.25, -0.2) is 16.8 Å². The number of hydrogen-bond acceptors (Lipinski definition) is 6. The summed E-state index contributed by atoms with van der Waals surface area (Å²) in [6, 6.07) is 6.14. The van der Waals surface area contributed by atoms with E-state index in [1.54, 1.807) is 30.3 Å². The summed E-state index contributed by atoms with van der Waals surface area (Å²) in [5.74, 6) is -0.214. The standard InChI is InChI=1S/C21H26N4O5S2/c1-24(18-5-3-2-4-6-18)32(29,30)19-10-8-17(9-11-19)22-21(26)16-7-12-20-23-31(27,28)14-13-25(20)15-16/h7-12,15,18H,2-6,13-14H2,1H3,(H,22,26). The molecule has 1 aromatic carbocycles. The smallest absolute Gasteiger partial charge is 0.257 e. The van der Waals surface area contributed by atoms with E-state index in [0.717, 1.165) is 32.1 Å². The Labute approximate surface area is 188 Å². The van der Waals surface area contributed by atoms with Gasteiger partial charge in [0.1, 0.15) is 5.84 Å². The van der Waals surface area contributed by atoms with Crippen molar-refractivity contribution in [3.8, 4) is 0 Å². The first-order chi connectivity index (χ1) is 15.2. The fourth-order valence-electron chi connectivity index (χ4n) is 4.06. The third kappa shape index (κ3) is 4.79. The molecule has 1 fully saturated rings. The van der Waals surface area contributed by atoms with Gasteiger partial charge in [0.15, 0.2) is 0 Å². The van der Waals surface area contributed by atoms with Crippen molar-refractivity contribution in [1.29, 1.82) is 0 Å². The monoisotopic (exact) mass is 478 g/mol. The number of hydrogen-bond donors (Lipinski definition) is 1. The van der Waals surface area contributed by atoms with Crippen LogP contribution < -0.4 is 5.32 Å². The molecule has 0 saturated heterocycles. The molecule has 3 aliphatic rings. The average molecular weight is 479 g/mol. The van der Waals surface area contributed by atoms with Crippen molar-refractivity contribution in [2.45, 2.75) is 43.0 Å². The molecule has 0 radical (unpaired) electrons. The Morgan fingerprint density at radius 2 is 1.81 bits per heavy atom. The molecular formula is C21H26N4O5S2. The van der Waals surface area contributed by atoms with E-state index >= 15 is 0 Å². The number of benzene rings is 1. The predicted octanol–water partition coefficient (Wildman–Crippen LogP) is 2.08. The van der Waals surface area contributed by atoms with Crippen LogP contribution in [0.25, 0.3) is 0 Å². The number of amides is 1. The number of fused-ring (bicyclic) bond motifs is 1. The highest BCUT2D eigenvalue weighted by Gasteiger charge is 2.29. The van der Waals surface area contributed by atoms with Crippen LogP contribution in [0.2, 0.25) is 0 Å². The highest BCUT2D eigenvalue weighted by molar-refractivity contribution is 7.90. The quantitative estimate of drug-likeness (QED) is 0.693. The second kappa shape index (κ2) is 8.80. The lowest BCUT2D eigenvalue weighted by atomic mass is 9.96.